The molecule has 1 aromatic heterocycles. The number of nitrogens with one attached hydrogen (secondary N) is 1. The molecular formula is C17H21FN4O3. The van der Waals surface area contributed by atoms with E-state index in [1.807, 2.05) is 6.92 Å². The molecule has 0 atom stereocenters. The fraction of sp³-hybridized carbons (Fsp3) is 0.412. The molecule has 7 nitrogen and oxygen atoms in total. The highest BCUT2D eigenvalue weighted by Gasteiger charge is 2.13. The van der Waals surface area contributed by atoms with Crippen LogP contribution in [-0.2, 0) is 17.6 Å². The molecule has 0 saturated carbocycles. The predicted octanol–water partition coefficient (Wildman–Crippen LogP) is 2.53. The fourth-order valence-electron chi connectivity index (χ4n) is 2.28. The van der Waals surface area contributed by atoms with Crippen LogP contribution < -0.4 is 11.1 Å². The minimum absolute atomic E-state index is 0.00714. The average Bonchev–Trinajstić information content (AvgIpc) is 2.99. The lowest BCUT2D eigenvalue weighted by Crippen LogP contribution is -2.16. The molecule has 0 radical (unpaired) electrons. The number of hydrogen-bond donors (Lipinski definition) is 2. The molecule has 1 aromatic carbocycles. The first-order chi connectivity index (χ1) is 11.9. The van der Waals surface area contributed by atoms with Gasteiger partial charge in [0.25, 0.3) is 0 Å². The second-order valence-electron chi connectivity index (χ2n) is 5.75. The van der Waals surface area contributed by atoms with E-state index in [2.05, 4.69) is 15.5 Å². The van der Waals surface area contributed by atoms with Crippen molar-refractivity contribution in [1.82, 2.24) is 10.1 Å². The number of nitrogens with zero attached hydrogens (tertiary/aromatic N) is 2. The Labute approximate surface area is 144 Å². The standard InChI is InChI=1S/C17H21FN4O3/c1-3-5-14-21-16(25-22-14)7-4-6-15(23)20-13-9-11(17(19)24)8-12(18)10(13)2/h8-9H,3-7H2,1-2H3,(H2,19,24)(H,20,23). The Bertz CT molecular complexity index is 773. The van der Waals surface area contributed by atoms with E-state index in [9.17, 15) is 14.0 Å². The van der Waals surface area contributed by atoms with Gasteiger partial charge in [-0.3, -0.25) is 9.59 Å². The minimum Gasteiger partial charge on any atom is -0.366 e. The van der Waals surface area contributed by atoms with Crippen molar-refractivity contribution in [3.05, 3.63) is 40.8 Å². The number of carbonyl (C=O) groups is 2. The molecule has 2 amide bonds. The van der Waals surface area contributed by atoms with E-state index in [0.717, 1.165) is 18.9 Å². The summed E-state index contributed by atoms with van der Waals surface area (Å²) >= 11 is 0. The summed E-state index contributed by atoms with van der Waals surface area (Å²) in [6, 6.07) is 2.42. The average molecular weight is 348 g/mol. The lowest BCUT2D eigenvalue weighted by molar-refractivity contribution is -0.116. The number of nitrogens with two attached hydrogens (primary N) is 1. The number of hydrogen-bond acceptors (Lipinski definition) is 5. The maximum atomic E-state index is 13.8. The van der Waals surface area contributed by atoms with Gasteiger partial charge in [-0.05, 0) is 31.9 Å². The molecule has 0 aliphatic rings. The molecule has 3 N–H and O–H groups in total. The lowest BCUT2D eigenvalue weighted by Gasteiger charge is -2.10. The van der Waals surface area contributed by atoms with Gasteiger partial charge in [-0.15, -0.1) is 0 Å². The van der Waals surface area contributed by atoms with Gasteiger partial charge in [0.05, 0.1) is 0 Å². The monoisotopic (exact) mass is 348 g/mol. The molecule has 0 aliphatic carbocycles. The van der Waals surface area contributed by atoms with Crippen LogP contribution in [0, 0.1) is 12.7 Å². The Balaban J connectivity index is 1.90. The summed E-state index contributed by atoms with van der Waals surface area (Å²) in [5.41, 5.74) is 5.65. The minimum atomic E-state index is -0.756. The maximum Gasteiger partial charge on any atom is 0.248 e. The number of rotatable bonds is 8. The predicted molar refractivity (Wildman–Crippen MR) is 89.5 cm³/mol. The van der Waals surface area contributed by atoms with Gasteiger partial charge >= 0.3 is 0 Å². The third-order valence-electron chi connectivity index (χ3n) is 3.68. The number of aryl methyl sites for hydroxylation is 2. The van der Waals surface area contributed by atoms with Crippen LogP contribution in [0.15, 0.2) is 16.7 Å². The number of halogens is 1. The SMILES string of the molecule is CCCc1noc(CCCC(=O)Nc2cc(C(N)=O)cc(F)c2C)n1. The van der Waals surface area contributed by atoms with Crippen LogP contribution in [0.3, 0.4) is 0 Å². The topological polar surface area (TPSA) is 111 Å². The van der Waals surface area contributed by atoms with Crippen LogP contribution in [0.4, 0.5) is 10.1 Å². The van der Waals surface area contributed by atoms with Crippen molar-refractivity contribution in [1.29, 1.82) is 0 Å². The fourth-order valence-corrected chi connectivity index (χ4v) is 2.28. The molecule has 1 heterocycles. The molecule has 0 fully saturated rings. The van der Waals surface area contributed by atoms with Crippen LogP contribution >= 0.6 is 0 Å². The normalized spacial score (nSPS) is 10.7. The molecular weight excluding hydrogens is 327 g/mol. The Morgan fingerprint density at radius 3 is 2.76 bits per heavy atom. The summed E-state index contributed by atoms with van der Waals surface area (Å²) in [5, 5.41) is 6.45. The summed E-state index contributed by atoms with van der Waals surface area (Å²) in [7, 11) is 0. The van der Waals surface area contributed by atoms with Crippen molar-refractivity contribution in [3.63, 3.8) is 0 Å². The molecule has 0 aliphatic heterocycles. The van der Waals surface area contributed by atoms with Crippen molar-refractivity contribution >= 4 is 17.5 Å². The highest BCUT2D eigenvalue weighted by molar-refractivity contribution is 5.97. The largest absolute Gasteiger partial charge is 0.366 e. The molecule has 8 heteroatoms. The van der Waals surface area contributed by atoms with E-state index in [1.54, 1.807) is 0 Å². The molecule has 0 bridgehead atoms. The summed E-state index contributed by atoms with van der Waals surface area (Å²) in [5.74, 6) is -0.488. The third-order valence-corrected chi connectivity index (χ3v) is 3.68. The van der Waals surface area contributed by atoms with Crippen LogP contribution in [0.25, 0.3) is 0 Å². The molecule has 2 aromatic rings. The molecule has 0 saturated heterocycles. The maximum absolute atomic E-state index is 13.8. The second kappa shape index (κ2) is 8.36. The van der Waals surface area contributed by atoms with E-state index in [0.29, 0.717) is 24.6 Å². The van der Waals surface area contributed by atoms with Gasteiger partial charge < -0.3 is 15.6 Å². The quantitative estimate of drug-likeness (QED) is 0.761. The zero-order valence-electron chi connectivity index (χ0n) is 14.3. The first kappa shape index (κ1) is 18.6. The van der Waals surface area contributed by atoms with Crippen molar-refractivity contribution in [3.8, 4) is 0 Å². The third kappa shape index (κ3) is 5.10. The van der Waals surface area contributed by atoms with Gasteiger partial charge in [0.1, 0.15) is 5.82 Å². The highest BCUT2D eigenvalue weighted by atomic mass is 19.1. The number of primary amides is 1. The Morgan fingerprint density at radius 2 is 2.08 bits per heavy atom. The van der Waals surface area contributed by atoms with Gasteiger partial charge in [-0.1, -0.05) is 12.1 Å². The van der Waals surface area contributed by atoms with Crippen LogP contribution in [0.2, 0.25) is 0 Å². The molecule has 134 valence electrons. The van der Waals surface area contributed by atoms with Crippen molar-refractivity contribution in [2.45, 2.75) is 46.0 Å². The van der Waals surface area contributed by atoms with Crippen molar-refractivity contribution < 1.29 is 18.5 Å². The van der Waals surface area contributed by atoms with E-state index < -0.39 is 11.7 Å². The van der Waals surface area contributed by atoms with E-state index in [4.69, 9.17) is 10.3 Å². The molecule has 0 unspecified atom stereocenters. The van der Waals surface area contributed by atoms with E-state index in [-0.39, 0.29) is 29.1 Å². The number of aromatic nitrogens is 2. The summed E-state index contributed by atoms with van der Waals surface area (Å²) < 4.78 is 18.9. The van der Waals surface area contributed by atoms with Gasteiger partial charge in [0.2, 0.25) is 17.7 Å². The molecule has 0 spiro atoms. The Morgan fingerprint density at radius 1 is 1.32 bits per heavy atom. The van der Waals surface area contributed by atoms with E-state index >= 15 is 0 Å². The number of amides is 2. The molecule has 25 heavy (non-hydrogen) atoms. The van der Waals surface area contributed by atoms with Crippen LogP contribution in [-0.4, -0.2) is 22.0 Å². The van der Waals surface area contributed by atoms with Crippen LogP contribution in [0.1, 0.15) is 53.8 Å². The zero-order chi connectivity index (χ0) is 18.4. The van der Waals surface area contributed by atoms with E-state index in [1.165, 1.54) is 13.0 Å². The van der Waals surface area contributed by atoms with Gasteiger partial charge in [0, 0.05) is 36.1 Å². The zero-order valence-corrected chi connectivity index (χ0v) is 14.3. The number of carbonyl (C=O) groups excluding carboxylic acids is 2. The second-order valence-corrected chi connectivity index (χ2v) is 5.75. The summed E-state index contributed by atoms with van der Waals surface area (Å²) in [4.78, 5) is 27.5. The van der Waals surface area contributed by atoms with Crippen molar-refractivity contribution in [2.75, 3.05) is 5.32 Å². The first-order valence-corrected chi connectivity index (χ1v) is 8.12. The Hall–Kier alpha value is -2.77. The van der Waals surface area contributed by atoms with Gasteiger partial charge in [-0.25, -0.2) is 4.39 Å². The number of benzene rings is 1. The summed E-state index contributed by atoms with van der Waals surface area (Å²) in [6.07, 6.45) is 2.88. The first-order valence-electron chi connectivity index (χ1n) is 8.12. The smallest absolute Gasteiger partial charge is 0.248 e. The van der Waals surface area contributed by atoms with Crippen molar-refractivity contribution in [2.24, 2.45) is 5.73 Å². The highest BCUT2D eigenvalue weighted by Crippen LogP contribution is 2.21. The van der Waals surface area contributed by atoms with Gasteiger partial charge in [0.15, 0.2) is 5.82 Å². The lowest BCUT2D eigenvalue weighted by atomic mass is 10.1. The van der Waals surface area contributed by atoms with Gasteiger partial charge in [-0.2, -0.15) is 4.98 Å². The summed E-state index contributed by atoms with van der Waals surface area (Å²) in [6.45, 7) is 3.54. The molecule has 2 rings (SSSR count). The number of anilines is 1. The Kier molecular flexibility index (Phi) is 6.21. The van der Waals surface area contributed by atoms with Crippen LogP contribution in [0.5, 0.6) is 0 Å².